The fraction of sp³-hybridized carbons (Fsp3) is 0.727. The fourth-order valence-corrected chi connectivity index (χ4v) is 4.02. The normalized spacial score (nSPS) is 12.6. The predicted octanol–water partition coefficient (Wildman–Crippen LogP) is 3.79. The van der Waals surface area contributed by atoms with E-state index in [0.717, 1.165) is 12.8 Å². The molecule has 1 aromatic rings. The maximum atomic E-state index is 11.1. The second-order valence-corrected chi connectivity index (χ2v) is 8.86. The number of hydrogen-bond donors (Lipinski definition) is 0. The summed E-state index contributed by atoms with van der Waals surface area (Å²) < 4.78 is 33.3. The van der Waals surface area contributed by atoms with E-state index < -0.39 is 10.1 Å². The molecule has 0 N–H and O–H groups in total. The van der Waals surface area contributed by atoms with Crippen molar-refractivity contribution in [2.24, 2.45) is 0 Å². The van der Waals surface area contributed by atoms with Crippen LogP contribution in [0.5, 0.6) is 0 Å². The van der Waals surface area contributed by atoms with Crippen molar-refractivity contribution in [1.82, 2.24) is 0 Å². The summed E-state index contributed by atoms with van der Waals surface area (Å²) >= 11 is 0. The first kappa shape index (κ1) is 27.1. The first-order valence-electron chi connectivity index (χ1n) is 10.5. The van der Waals surface area contributed by atoms with Gasteiger partial charge in [-0.1, -0.05) is 96.6 Å². The molecule has 0 radical (unpaired) electrons. The van der Waals surface area contributed by atoms with Crippen molar-refractivity contribution in [1.29, 1.82) is 0 Å². The number of benzene rings is 1. The first-order chi connectivity index (χ1) is 12.5. The van der Waals surface area contributed by atoms with Gasteiger partial charge in [0.2, 0.25) is 0 Å². The summed E-state index contributed by atoms with van der Waals surface area (Å²) in [5.74, 6) is 0.477. The Labute approximate surface area is 189 Å². The summed E-state index contributed by atoms with van der Waals surface area (Å²) in [5.41, 5.74) is 1.18. The standard InChI is InChI=1S/C22H38O3S.Na/c1-3-5-7-8-9-10-11-13-15-20(14-12-6-4-2)21-16-18-22(19-17-21)26(23,24)25;/h16-20H,3-15H2,1-2H3,(H,23,24,25);/q;+1/p-1. The van der Waals surface area contributed by atoms with Gasteiger partial charge in [-0.2, -0.15) is 0 Å². The minimum absolute atomic E-state index is 0. The van der Waals surface area contributed by atoms with Gasteiger partial charge in [-0.05, 0) is 36.5 Å². The molecule has 0 saturated heterocycles. The summed E-state index contributed by atoms with van der Waals surface area (Å²) in [7, 11) is -4.35. The molecule has 1 atom stereocenters. The first-order valence-corrected chi connectivity index (χ1v) is 12.0. The largest absolute Gasteiger partial charge is 1.00 e. The second kappa shape index (κ2) is 16.0. The van der Waals surface area contributed by atoms with Crippen LogP contribution in [0.3, 0.4) is 0 Å². The molecule has 27 heavy (non-hydrogen) atoms. The third-order valence-corrected chi connectivity index (χ3v) is 6.05. The van der Waals surface area contributed by atoms with Crippen molar-refractivity contribution >= 4 is 10.1 Å². The van der Waals surface area contributed by atoms with Gasteiger partial charge in [-0.3, -0.25) is 0 Å². The Hall–Kier alpha value is 0.130. The van der Waals surface area contributed by atoms with Gasteiger partial charge in [0.05, 0.1) is 4.90 Å². The topological polar surface area (TPSA) is 57.2 Å². The maximum Gasteiger partial charge on any atom is 1.00 e. The van der Waals surface area contributed by atoms with Crippen molar-refractivity contribution in [2.75, 3.05) is 0 Å². The molecule has 1 aromatic carbocycles. The number of hydrogen-bond acceptors (Lipinski definition) is 3. The molecule has 0 heterocycles. The van der Waals surface area contributed by atoms with Gasteiger partial charge in [-0.25, -0.2) is 8.42 Å². The summed E-state index contributed by atoms with van der Waals surface area (Å²) in [5, 5.41) is 0. The van der Waals surface area contributed by atoms with Gasteiger partial charge in [0, 0.05) is 0 Å². The van der Waals surface area contributed by atoms with Crippen LogP contribution in [0.25, 0.3) is 0 Å². The van der Waals surface area contributed by atoms with Crippen LogP contribution in [0.4, 0.5) is 0 Å². The Morgan fingerprint density at radius 3 is 1.63 bits per heavy atom. The van der Waals surface area contributed by atoms with Crippen LogP contribution in [0, 0.1) is 0 Å². The number of rotatable bonds is 15. The molecule has 1 rings (SSSR count). The van der Waals surface area contributed by atoms with Crippen LogP contribution in [-0.2, 0) is 10.1 Å². The molecule has 5 heteroatoms. The van der Waals surface area contributed by atoms with Gasteiger partial charge >= 0.3 is 29.6 Å². The molecule has 3 nitrogen and oxygen atoms in total. The van der Waals surface area contributed by atoms with Crippen LogP contribution in [0.15, 0.2) is 29.2 Å². The van der Waals surface area contributed by atoms with Crippen molar-refractivity contribution in [3.8, 4) is 0 Å². The molecule has 0 spiro atoms. The van der Waals surface area contributed by atoms with E-state index in [9.17, 15) is 13.0 Å². The second-order valence-electron chi connectivity index (χ2n) is 7.48. The molecule has 0 amide bonds. The molecule has 150 valence electrons. The molecular weight excluding hydrogens is 367 g/mol. The zero-order valence-electron chi connectivity index (χ0n) is 17.7. The third kappa shape index (κ3) is 12.3. The van der Waals surface area contributed by atoms with E-state index in [1.807, 2.05) is 12.1 Å². The molecule has 0 aliphatic heterocycles. The number of unbranched alkanes of at least 4 members (excludes halogenated alkanes) is 9. The van der Waals surface area contributed by atoms with Crippen molar-refractivity contribution in [2.45, 2.75) is 108 Å². The van der Waals surface area contributed by atoms with Crippen LogP contribution in [0.2, 0.25) is 0 Å². The van der Waals surface area contributed by atoms with Crippen LogP contribution >= 0.6 is 0 Å². The van der Waals surface area contributed by atoms with Gasteiger partial charge in [0.25, 0.3) is 0 Å². The molecule has 0 aliphatic carbocycles. The predicted molar refractivity (Wildman–Crippen MR) is 109 cm³/mol. The monoisotopic (exact) mass is 404 g/mol. The molecule has 0 bridgehead atoms. The van der Waals surface area contributed by atoms with Crippen molar-refractivity contribution in [3.05, 3.63) is 29.8 Å². The Kier molecular flexibility index (Phi) is 16.1. The smallest absolute Gasteiger partial charge is 0.744 e. The van der Waals surface area contributed by atoms with Crippen LogP contribution in [0.1, 0.15) is 109 Å². The SMILES string of the molecule is CCCCCCCCCCC(CCCCC)c1ccc(S(=O)(=O)[O-])cc1.[Na+]. The van der Waals surface area contributed by atoms with E-state index in [-0.39, 0.29) is 34.5 Å². The van der Waals surface area contributed by atoms with Crippen molar-refractivity contribution in [3.63, 3.8) is 0 Å². The van der Waals surface area contributed by atoms with Gasteiger partial charge < -0.3 is 4.55 Å². The summed E-state index contributed by atoms with van der Waals surface area (Å²) in [6.07, 6.45) is 16.5. The Bertz CT molecular complexity index is 570. The van der Waals surface area contributed by atoms with Crippen molar-refractivity contribution < 1.29 is 42.5 Å². The van der Waals surface area contributed by atoms with E-state index >= 15 is 0 Å². The molecule has 0 aromatic heterocycles. The van der Waals surface area contributed by atoms with E-state index in [4.69, 9.17) is 0 Å². The zero-order valence-corrected chi connectivity index (χ0v) is 20.5. The van der Waals surface area contributed by atoms with E-state index in [0.29, 0.717) is 5.92 Å². The minimum atomic E-state index is -4.35. The molecule has 0 fully saturated rings. The summed E-state index contributed by atoms with van der Waals surface area (Å²) in [6.45, 7) is 4.46. The van der Waals surface area contributed by atoms with Gasteiger partial charge in [-0.15, -0.1) is 0 Å². The Morgan fingerprint density at radius 1 is 0.741 bits per heavy atom. The molecular formula is C22H37NaO3S. The molecule has 0 aliphatic rings. The average Bonchev–Trinajstić information content (AvgIpc) is 2.62. The van der Waals surface area contributed by atoms with Crippen LogP contribution < -0.4 is 29.6 Å². The van der Waals surface area contributed by atoms with E-state index in [1.165, 1.54) is 88.3 Å². The van der Waals surface area contributed by atoms with E-state index in [2.05, 4.69) is 13.8 Å². The fourth-order valence-electron chi connectivity index (χ4n) is 3.55. The van der Waals surface area contributed by atoms with E-state index in [1.54, 1.807) is 0 Å². The molecule has 0 saturated carbocycles. The summed E-state index contributed by atoms with van der Waals surface area (Å²) in [6, 6.07) is 6.62. The van der Waals surface area contributed by atoms with Gasteiger partial charge in [0.1, 0.15) is 10.1 Å². The van der Waals surface area contributed by atoms with Crippen LogP contribution in [-0.4, -0.2) is 13.0 Å². The maximum absolute atomic E-state index is 11.1. The van der Waals surface area contributed by atoms with Gasteiger partial charge in [0.15, 0.2) is 0 Å². The molecule has 1 unspecified atom stereocenters. The zero-order chi connectivity index (χ0) is 19.3. The average molecular weight is 405 g/mol. The quantitative estimate of drug-likeness (QED) is 0.254. The Balaban J connectivity index is 0.00000676. The minimum Gasteiger partial charge on any atom is -0.744 e. The summed E-state index contributed by atoms with van der Waals surface area (Å²) in [4.78, 5) is -0.124. The Morgan fingerprint density at radius 2 is 1.15 bits per heavy atom. The third-order valence-electron chi connectivity index (χ3n) is 5.20.